The van der Waals surface area contributed by atoms with Crippen LogP contribution in [-0.2, 0) is 6.54 Å². The first-order valence-electron chi connectivity index (χ1n) is 6.78. The molecule has 0 bridgehead atoms. The molecule has 2 rings (SSSR count). The summed E-state index contributed by atoms with van der Waals surface area (Å²) in [5, 5.41) is 9.14. The van der Waals surface area contributed by atoms with Crippen molar-refractivity contribution in [2.45, 2.75) is 6.54 Å². The molecular weight excluding hydrogens is 287 g/mol. The summed E-state index contributed by atoms with van der Waals surface area (Å²) in [5.74, 6) is -0.879. The summed E-state index contributed by atoms with van der Waals surface area (Å²) in [6.45, 7) is 0.271. The molecule has 22 heavy (non-hydrogen) atoms. The number of hydrogen-bond donors (Lipinski definition) is 1. The van der Waals surface area contributed by atoms with Crippen molar-refractivity contribution in [1.29, 1.82) is 0 Å². The molecule has 5 nitrogen and oxygen atoms in total. The van der Waals surface area contributed by atoms with Crippen molar-refractivity contribution < 1.29 is 19.0 Å². The molecule has 0 aliphatic carbocycles. The summed E-state index contributed by atoms with van der Waals surface area (Å²) >= 11 is 0. The summed E-state index contributed by atoms with van der Waals surface area (Å²) in [5.41, 5.74) is 1.04. The SMILES string of the molecule is COc1ccc(C(=O)N(CCO)Cc2cccnc2)cc1F. The van der Waals surface area contributed by atoms with Crippen molar-refractivity contribution in [1.82, 2.24) is 9.88 Å². The van der Waals surface area contributed by atoms with Crippen LogP contribution in [0.1, 0.15) is 15.9 Å². The second kappa shape index (κ2) is 7.51. The third-order valence-electron chi connectivity index (χ3n) is 3.15. The molecule has 1 heterocycles. The number of hydrogen-bond acceptors (Lipinski definition) is 4. The van der Waals surface area contributed by atoms with Gasteiger partial charge in [0.1, 0.15) is 0 Å². The highest BCUT2D eigenvalue weighted by atomic mass is 19.1. The van der Waals surface area contributed by atoms with E-state index >= 15 is 0 Å². The van der Waals surface area contributed by atoms with E-state index in [9.17, 15) is 9.18 Å². The molecule has 2 aromatic rings. The van der Waals surface area contributed by atoms with Crippen LogP contribution in [-0.4, -0.2) is 41.2 Å². The van der Waals surface area contributed by atoms with Crippen LogP contribution in [0.2, 0.25) is 0 Å². The Morgan fingerprint density at radius 1 is 1.41 bits per heavy atom. The minimum Gasteiger partial charge on any atom is -0.494 e. The molecule has 0 aliphatic heterocycles. The standard InChI is InChI=1S/C16H17FN2O3/c1-22-15-5-4-13(9-14(15)17)16(21)19(7-8-20)11-12-3-2-6-18-10-12/h2-6,9-10,20H,7-8,11H2,1H3. The Morgan fingerprint density at radius 2 is 2.23 bits per heavy atom. The largest absolute Gasteiger partial charge is 0.494 e. The van der Waals surface area contributed by atoms with E-state index in [1.54, 1.807) is 18.5 Å². The van der Waals surface area contributed by atoms with Gasteiger partial charge in [-0.25, -0.2) is 4.39 Å². The van der Waals surface area contributed by atoms with Crippen molar-refractivity contribution >= 4 is 5.91 Å². The smallest absolute Gasteiger partial charge is 0.254 e. The third-order valence-corrected chi connectivity index (χ3v) is 3.15. The second-order valence-electron chi connectivity index (χ2n) is 4.66. The molecule has 0 saturated heterocycles. The maximum Gasteiger partial charge on any atom is 0.254 e. The van der Waals surface area contributed by atoms with E-state index in [0.717, 1.165) is 11.6 Å². The average molecular weight is 304 g/mol. The molecule has 0 radical (unpaired) electrons. The highest BCUT2D eigenvalue weighted by molar-refractivity contribution is 5.94. The van der Waals surface area contributed by atoms with Crippen molar-refractivity contribution in [3.63, 3.8) is 0 Å². The molecule has 1 N–H and O–H groups in total. The minimum absolute atomic E-state index is 0.0810. The lowest BCUT2D eigenvalue weighted by atomic mass is 10.1. The second-order valence-corrected chi connectivity index (χ2v) is 4.66. The molecule has 0 aliphatic rings. The van der Waals surface area contributed by atoms with Crippen molar-refractivity contribution in [3.8, 4) is 5.75 Å². The average Bonchev–Trinajstić information content (AvgIpc) is 2.54. The summed E-state index contributed by atoms with van der Waals surface area (Å²) < 4.78 is 18.6. The van der Waals surface area contributed by atoms with Crippen LogP contribution in [0.25, 0.3) is 0 Å². The summed E-state index contributed by atoms with van der Waals surface area (Å²) in [6, 6.07) is 7.64. The third kappa shape index (κ3) is 3.79. The fourth-order valence-electron chi connectivity index (χ4n) is 2.07. The molecule has 0 saturated carbocycles. The zero-order valence-corrected chi connectivity index (χ0v) is 12.2. The van der Waals surface area contributed by atoms with Gasteiger partial charge in [-0.3, -0.25) is 9.78 Å². The van der Waals surface area contributed by atoms with Crippen LogP contribution < -0.4 is 4.74 Å². The zero-order valence-electron chi connectivity index (χ0n) is 12.2. The predicted molar refractivity (Wildman–Crippen MR) is 79.0 cm³/mol. The van der Waals surface area contributed by atoms with Gasteiger partial charge in [0.25, 0.3) is 5.91 Å². The monoisotopic (exact) mass is 304 g/mol. The van der Waals surface area contributed by atoms with Crippen LogP contribution >= 0.6 is 0 Å². The lowest BCUT2D eigenvalue weighted by Crippen LogP contribution is -2.33. The minimum atomic E-state index is -0.598. The van der Waals surface area contributed by atoms with Crippen LogP contribution in [0.15, 0.2) is 42.7 Å². The maximum absolute atomic E-state index is 13.7. The fourth-order valence-corrected chi connectivity index (χ4v) is 2.07. The first kappa shape index (κ1) is 15.9. The van der Waals surface area contributed by atoms with Gasteiger partial charge >= 0.3 is 0 Å². The fraction of sp³-hybridized carbons (Fsp3) is 0.250. The molecule has 1 aromatic carbocycles. The van der Waals surface area contributed by atoms with Crippen LogP contribution in [0.5, 0.6) is 5.75 Å². The highest BCUT2D eigenvalue weighted by Crippen LogP contribution is 2.19. The summed E-state index contributed by atoms with van der Waals surface area (Å²) in [6.07, 6.45) is 3.28. The van der Waals surface area contributed by atoms with E-state index in [2.05, 4.69) is 4.98 Å². The lowest BCUT2D eigenvalue weighted by molar-refractivity contribution is 0.0707. The Hall–Kier alpha value is -2.47. The quantitative estimate of drug-likeness (QED) is 0.885. The van der Waals surface area contributed by atoms with E-state index in [-0.39, 0.29) is 30.4 Å². The number of halogens is 1. The van der Waals surface area contributed by atoms with Gasteiger partial charge in [-0.15, -0.1) is 0 Å². The molecule has 0 spiro atoms. The number of methoxy groups -OCH3 is 1. The van der Waals surface area contributed by atoms with E-state index < -0.39 is 5.82 Å². The molecule has 1 amide bonds. The van der Waals surface area contributed by atoms with Gasteiger partial charge in [0.2, 0.25) is 0 Å². The molecule has 0 atom stereocenters. The number of aliphatic hydroxyl groups excluding tert-OH is 1. The number of pyridine rings is 1. The number of ether oxygens (including phenoxy) is 1. The Balaban J connectivity index is 2.20. The Labute approximate surface area is 128 Å². The van der Waals surface area contributed by atoms with Crippen LogP contribution in [0.3, 0.4) is 0 Å². The van der Waals surface area contributed by atoms with Gasteiger partial charge in [0.15, 0.2) is 11.6 Å². The predicted octanol–water partition coefficient (Wildman–Crippen LogP) is 1.86. The topological polar surface area (TPSA) is 62.7 Å². The maximum atomic E-state index is 13.7. The molecular formula is C16H17FN2O3. The number of rotatable bonds is 6. The molecule has 116 valence electrons. The van der Waals surface area contributed by atoms with Gasteiger partial charge in [-0.05, 0) is 29.8 Å². The number of aliphatic hydroxyl groups is 1. The van der Waals surface area contributed by atoms with E-state index in [1.807, 2.05) is 6.07 Å². The Morgan fingerprint density at radius 3 is 2.82 bits per heavy atom. The highest BCUT2D eigenvalue weighted by Gasteiger charge is 2.17. The molecule has 0 fully saturated rings. The summed E-state index contributed by atoms with van der Waals surface area (Å²) in [4.78, 5) is 17.9. The number of aromatic nitrogens is 1. The van der Waals surface area contributed by atoms with Gasteiger partial charge < -0.3 is 14.7 Å². The van der Waals surface area contributed by atoms with Crippen molar-refractivity contribution in [2.75, 3.05) is 20.3 Å². The van der Waals surface area contributed by atoms with Gasteiger partial charge in [0.05, 0.1) is 13.7 Å². The molecule has 1 aromatic heterocycles. The van der Waals surface area contributed by atoms with Crippen molar-refractivity contribution in [2.24, 2.45) is 0 Å². The van der Waals surface area contributed by atoms with Crippen molar-refractivity contribution in [3.05, 3.63) is 59.7 Å². The van der Waals surface area contributed by atoms with Crippen LogP contribution in [0, 0.1) is 5.82 Å². The zero-order chi connectivity index (χ0) is 15.9. The Bertz CT molecular complexity index is 635. The number of nitrogens with zero attached hydrogens (tertiary/aromatic N) is 2. The number of carbonyl (C=O) groups excluding carboxylic acids is 1. The van der Waals surface area contributed by atoms with Gasteiger partial charge in [-0.1, -0.05) is 6.07 Å². The first-order chi connectivity index (χ1) is 10.7. The van der Waals surface area contributed by atoms with E-state index in [1.165, 1.54) is 24.1 Å². The van der Waals surface area contributed by atoms with Crippen LogP contribution in [0.4, 0.5) is 4.39 Å². The normalized spacial score (nSPS) is 10.3. The number of benzene rings is 1. The van der Waals surface area contributed by atoms with E-state index in [0.29, 0.717) is 6.54 Å². The molecule has 0 unspecified atom stereocenters. The molecule has 6 heteroatoms. The number of amides is 1. The first-order valence-corrected chi connectivity index (χ1v) is 6.78. The summed E-state index contributed by atoms with van der Waals surface area (Å²) in [7, 11) is 1.36. The van der Waals surface area contributed by atoms with Gasteiger partial charge in [0, 0.05) is 31.0 Å². The van der Waals surface area contributed by atoms with Gasteiger partial charge in [-0.2, -0.15) is 0 Å². The lowest BCUT2D eigenvalue weighted by Gasteiger charge is -2.22. The van der Waals surface area contributed by atoms with E-state index in [4.69, 9.17) is 9.84 Å². The number of carbonyl (C=O) groups is 1. The Kier molecular flexibility index (Phi) is 5.43.